The van der Waals surface area contributed by atoms with Gasteiger partial charge in [-0.1, -0.05) is 37.6 Å². The second-order valence-electron chi connectivity index (χ2n) is 4.41. The van der Waals surface area contributed by atoms with E-state index in [1.54, 1.807) is 24.3 Å². The zero-order chi connectivity index (χ0) is 14.3. The summed E-state index contributed by atoms with van der Waals surface area (Å²) in [6, 6.07) is 6.84. The van der Waals surface area contributed by atoms with Crippen molar-refractivity contribution in [2.45, 2.75) is 20.3 Å². The molecule has 104 valence electrons. The Kier molecular flexibility index (Phi) is 6.15. The second kappa shape index (κ2) is 7.63. The first-order valence-electron chi connectivity index (χ1n) is 5.94. The maximum absolute atomic E-state index is 11.4. The first-order chi connectivity index (χ1) is 8.99. The number of carbonyl (C=O) groups is 2. The van der Waals surface area contributed by atoms with Gasteiger partial charge in [-0.3, -0.25) is 20.4 Å². The molecule has 0 spiro atoms. The Hall–Kier alpha value is -1.75. The summed E-state index contributed by atoms with van der Waals surface area (Å²) in [5.74, 6) is -0.0257. The van der Waals surface area contributed by atoms with Crippen molar-refractivity contribution < 1.29 is 14.3 Å². The lowest BCUT2D eigenvalue weighted by Crippen LogP contribution is -2.44. The molecule has 0 aliphatic carbocycles. The molecule has 6 heteroatoms. The highest BCUT2D eigenvalue weighted by Crippen LogP contribution is 2.22. The van der Waals surface area contributed by atoms with Crippen LogP contribution in [0.25, 0.3) is 0 Å². The zero-order valence-electron chi connectivity index (χ0n) is 10.9. The molecule has 5 nitrogen and oxygen atoms in total. The van der Waals surface area contributed by atoms with Crippen LogP contribution in [0.3, 0.4) is 0 Å². The summed E-state index contributed by atoms with van der Waals surface area (Å²) in [5.41, 5.74) is 4.58. The van der Waals surface area contributed by atoms with Gasteiger partial charge in [0.15, 0.2) is 6.61 Å². The molecule has 1 aromatic rings. The third-order valence-electron chi connectivity index (χ3n) is 2.13. The highest BCUT2D eigenvalue weighted by molar-refractivity contribution is 6.32. The third kappa shape index (κ3) is 6.10. The number of rotatable bonds is 5. The average Bonchev–Trinajstić information content (AvgIpc) is 2.34. The van der Waals surface area contributed by atoms with Crippen LogP contribution in [0.4, 0.5) is 0 Å². The molecular weight excluding hydrogens is 268 g/mol. The van der Waals surface area contributed by atoms with E-state index in [2.05, 4.69) is 10.9 Å². The summed E-state index contributed by atoms with van der Waals surface area (Å²) in [7, 11) is 0. The van der Waals surface area contributed by atoms with E-state index in [4.69, 9.17) is 16.3 Å². The molecule has 0 fully saturated rings. The molecule has 0 heterocycles. The Morgan fingerprint density at radius 2 is 1.84 bits per heavy atom. The molecule has 0 atom stereocenters. The number of hydrazine groups is 1. The third-order valence-corrected chi connectivity index (χ3v) is 2.44. The van der Waals surface area contributed by atoms with Crippen molar-refractivity contribution >= 4 is 23.4 Å². The van der Waals surface area contributed by atoms with Gasteiger partial charge in [-0.2, -0.15) is 0 Å². The number of amides is 2. The number of hydrogen-bond acceptors (Lipinski definition) is 3. The standard InChI is InChI=1S/C13H17ClN2O3/c1-9(2)7-12(17)15-16-13(18)8-19-11-6-4-3-5-10(11)14/h3-6,9H,7-8H2,1-2H3,(H,15,17)(H,16,18). The van der Waals surface area contributed by atoms with E-state index in [9.17, 15) is 9.59 Å². The molecule has 19 heavy (non-hydrogen) atoms. The van der Waals surface area contributed by atoms with Gasteiger partial charge in [0.2, 0.25) is 5.91 Å². The highest BCUT2D eigenvalue weighted by atomic mass is 35.5. The van der Waals surface area contributed by atoms with E-state index in [0.717, 1.165) is 0 Å². The van der Waals surface area contributed by atoms with E-state index in [0.29, 0.717) is 17.2 Å². The lowest BCUT2D eigenvalue weighted by atomic mass is 10.1. The molecule has 1 aromatic carbocycles. The van der Waals surface area contributed by atoms with Crippen molar-refractivity contribution in [3.63, 3.8) is 0 Å². The van der Waals surface area contributed by atoms with Crippen LogP contribution >= 0.6 is 11.6 Å². The van der Waals surface area contributed by atoms with Gasteiger partial charge < -0.3 is 4.74 Å². The van der Waals surface area contributed by atoms with Crippen molar-refractivity contribution in [2.24, 2.45) is 5.92 Å². The van der Waals surface area contributed by atoms with Gasteiger partial charge in [-0.25, -0.2) is 0 Å². The molecule has 2 N–H and O–H groups in total. The number of benzene rings is 1. The van der Waals surface area contributed by atoms with Gasteiger partial charge in [0.05, 0.1) is 5.02 Å². The molecule has 0 saturated heterocycles. The predicted octanol–water partition coefficient (Wildman–Crippen LogP) is 1.91. The number of para-hydroxylation sites is 1. The SMILES string of the molecule is CC(C)CC(=O)NNC(=O)COc1ccccc1Cl. The summed E-state index contributed by atoms with van der Waals surface area (Å²) in [6.07, 6.45) is 0.353. The van der Waals surface area contributed by atoms with Gasteiger partial charge in [-0.05, 0) is 18.1 Å². The average molecular weight is 285 g/mol. The van der Waals surface area contributed by atoms with Crippen LogP contribution in [0.1, 0.15) is 20.3 Å². The van der Waals surface area contributed by atoms with Crippen LogP contribution < -0.4 is 15.6 Å². The van der Waals surface area contributed by atoms with Crippen molar-refractivity contribution in [3.05, 3.63) is 29.3 Å². The fourth-order valence-electron chi connectivity index (χ4n) is 1.30. The quantitative estimate of drug-likeness (QED) is 0.812. The smallest absolute Gasteiger partial charge is 0.276 e. The van der Waals surface area contributed by atoms with E-state index < -0.39 is 5.91 Å². The minimum Gasteiger partial charge on any atom is -0.482 e. The van der Waals surface area contributed by atoms with Gasteiger partial charge in [0.1, 0.15) is 5.75 Å². The summed E-state index contributed by atoms with van der Waals surface area (Å²) in [4.78, 5) is 22.7. The van der Waals surface area contributed by atoms with Crippen molar-refractivity contribution in [3.8, 4) is 5.75 Å². The maximum atomic E-state index is 11.4. The maximum Gasteiger partial charge on any atom is 0.276 e. The fourth-order valence-corrected chi connectivity index (χ4v) is 1.49. The zero-order valence-corrected chi connectivity index (χ0v) is 11.7. The molecule has 0 bridgehead atoms. The van der Waals surface area contributed by atoms with Gasteiger partial charge in [-0.15, -0.1) is 0 Å². The van der Waals surface area contributed by atoms with Crippen molar-refractivity contribution in [1.82, 2.24) is 10.9 Å². The van der Waals surface area contributed by atoms with E-state index in [1.165, 1.54) is 0 Å². The normalized spacial score (nSPS) is 10.1. The Labute approximate surface area is 117 Å². The largest absolute Gasteiger partial charge is 0.482 e. The number of halogens is 1. The van der Waals surface area contributed by atoms with Crippen molar-refractivity contribution in [1.29, 1.82) is 0 Å². The van der Waals surface area contributed by atoms with Crippen LogP contribution in [0.2, 0.25) is 5.02 Å². The Morgan fingerprint density at radius 3 is 2.47 bits per heavy atom. The molecule has 0 radical (unpaired) electrons. The minimum atomic E-state index is -0.447. The number of carbonyl (C=O) groups excluding carboxylic acids is 2. The van der Waals surface area contributed by atoms with Crippen LogP contribution in [-0.2, 0) is 9.59 Å². The lowest BCUT2D eigenvalue weighted by Gasteiger charge is -2.10. The minimum absolute atomic E-state index is 0.217. The Morgan fingerprint density at radius 1 is 1.21 bits per heavy atom. The topological polar surface area (TPSA) is 67.4 Å². The van der Waals surface area contributed by atoms with Gasteiger partial charge in [0, 0.05) is 6.42 Å². The summed E-state index contributed by atoms with van der Waals surface area (Å²) >= 11 is 5.87. The van der Waals surface area contributed by atoms with E-state index in [1.807, 2.05) is 13.8 Å². The summed E-state index contributed by atoms with van der Waals surface area (Å²) in [5, 5.41) is 0.430. The molecular formula is C13H17ClN2O3. The first-order valence-corrected chi connectivity index (χ1v) is 6.32. The molecule has 0 aromatic heterocycles. The Bertz CT molecular complexity index is 449. The van der Waals surface area contributed by atoms with Crippen LogP contribution in [-0.4, -0.2) is 18.4 Å². The molecule has 0 aliphatic heterocycles. The number of ether oxygens (including phenoxy) is 1. The number of hydrogen-bond donors (Lipinski definition) is 2. The number of nitrogens with one attached hydrogen (secondary N) is 2. The Balaban J connectivity index is 2.29. The molecule has 0 aliphatic rings. The second-order valence-corrected chi connectivity index (χ2v) is 4.82. The molecule has 0 saturated carbocycles. The fraction of sp³-hybridized carbons (Fsp3) is 0.385. The summed E-state index contributed by atoms with van der Waals surface area (Å²) < 4.78 is 5.22. The van der Waals surface area contributed by atoms with E-state index >= 15 is 0 Å². The van der Waals surface area contributed by atoms with Gasteiger partial charge >= 0.3 is 0 Å². The monoisotopic (exact) mass is 284 g/mol. The molecule has 1 rings (SSSR count). The van der Waals surface area contributed by atoms with Crippen LogP contribution in [0, 0.1) is 5.92 Å². The van der Waals surface area contributed by atoms with Crippen LogP contribution in [0.15, 0.2) is 24.3 Å². The first kappa shape index (κ1) is 15.3. The van der Waals surface area contributed by atoms with Gasteiger partial charge in [0.25, 0.3) is 5.91 Å². The highest BCUT2D eigenvalue weighted by Gasteiger charge is 2.08. The van der Waals surface area contributed by atoms with E-state index in [-0.39, 0.29) is 18.4 Å². The molecule has 0 unspecified atom stereocenters. The van der Waals surface area contributed by atoms with Crippen LogP contribution in [0.5, 0.6) is 5.75 Å². The summed E-state index contributed by atoms with van der Waals surface area (Å²) in [6.45, 7) is 3.62. The van der Waals surface area contributed by atoms with Crippen molar-refractivity contribution in [2.75, 3.05) is 6.61 Å². The predicted molar refractivity (Wildman–Crippen MR) is 72.7 cm³/mol. The lowest BCUT2D eigenvalue weighted by molar-refractivity contribution is -0.130. The molecule has 2 amide bonds.